The summed E-state index contributed by atoms with van der Waals surface area (Å²) in [5, 5.41) is 5.51. The second-order valence-electron chi connectivity index (χ2n) is 6.88. The molecule has 0 fully saturated rings. The van der Waals surface area contributed by atoms with Gasteiger partial charge in [-0.05, 0) is 56.7 Å². The first-order valence-electron chi connectivity index (χ1n) is 9.74. The number of benzene rings is 2. The van der Waals surface area contributed by atoms with Gasteiger partial charge in [-0.2, -0.15) is 0 Å². The van der Waals surface area contributed by atoms with Crippen LogP contribution >= 0.6 is 11.6 Å². The lowest BCUT2D eigenvalue weighted by atomic mass is 10.0. The van der Waals surface area contributed by atoms with Crippen molar-refractivity contribution in [2.45, 2.75) is 27.2 Å². The maximum atomic E-state index is 6.17. The number of anilines is 1. The first-order chi connectivity index (χ1) is 13.1. The third kappa shape index (κ3) is 4.79. The number of nitrogens with zero attached hydrogens (tertiary/aromatic N) is 2. The number of aromatic nitrogens is 1. The number of pyridine rings is 1. The zero-order valence-electron chi connectivity index (χ0n) is 16.4. The highest BCUT2D eigenvalue weighted by Crippen LogP contribution is 2.34. The second-order valence-corrected chi connectivity index (χ2v) is 7.32. The summed E-state index contributed by atoms with van der Waals surface area (Å²) in [6.45, 7) is 10.8. The van der Waals surface area contributed by atoms with Gasteiger partial charge < -0.3 is 10.2 Å². The molecule has 0 aliphatic heterocycles. The van der Waals surface area contributed by atoms with Crippen LogP contribution in [0.5, 0.6) is 0 Å². The number of hydrogen-bond donors (Lipinski definition) is 1. The van der Waals surface area contributed by atoms with Crippen LogP contribution in [0.25, 0.3) is 22.0 Å². The van der Waals surface area contributed by atoms with Crippen LogP contribution in [0.2, 0.25) is 5.02 Å². The van der Waals surface area contributed by atoms with E-state index in [9.17, 15) is 0 Å². The van der Waals surface area contributed by atoms with Gasteiger partial charge in [0.25, 0.3) is 0 Å². The van der Waals surface area contributed by atoms with Gasteiger partial charge in [-0.25, -0.2) is 0 Å². The van der Waals surface area contributed by atoms with Crippen molar-refractivity contribution < 1.29 is 0 Å². The fraction of sp³-hybridized carbons (Fsp3) is 0.348. The molecule has 1 N–H and O–H groups in total. The number of hydrogen-bond acceptors (Lipinski definition) is 3. The number of rotatable bonds is 8. The standard InChI is InChI=1S/C23H28ClN3/c1-4-27(5-2)14-6-13-25-23-20-12-11-19(24)15-22(20)26-16-21(23)18-9-7-17(3)8-10-18/h7-12,15-16H,4-6,13-14H2,1-3H3,(H,25,26). The largest absolute Gasteiger partial charge is 0.384 e. The van der Waals surface area contributed by atoms with Crippen molar-refractivity contribution in [1.82, 2.24) is 9.88 Å². The molecule has 0 aliphatic rings. The number of fused-ring (bicyclic) bond motifs is 1. The van der Waals surface area contributed by atoms with E-state index in [0.29, 0.717) is 5.02 Å². The minimum atomic E-state index is 0.713. The molecule has 142 valence electrons. The van der Waals surface area contributed by atoms with E-state index >= 15 is 0 Å². The van der Waals surface area contributed by atoms with Gasteiger partial charge in [0.1, 0.15) is 0 Å². The van der Waals surface area contributed by atoms with Gasteiger partial charge >= 0.3 is 0 Å². The van der Waals surface area contributed by atoms with E-state index in [-0.39, 0.29) is 0 Å². The Bertz CT molecular complexity index is 886. The molecule has 0 spiro atoms. The zero-order chi connectivity index (χ0) is 19.2. The van der Waals surface area contributed by atoms with Crippen LogP contribution < -0.4 is 5.32 Å². The molecular weight excluding hydrogens is 354 g/mol. The molecule has 3 rings (SSSR count). The van der Waals surface area contributed by atoms with E-state index in [2.05, 4.69) is 66.3 Å². The highest BCUT2D eigenvalue weighted by Gasteiger charge is 2.11. The summed E-state index contributed by atoms with van der Waals surface area (Å²) in [5.74, 6) is 0. The van der Waals surface area contributed by atoms with Crippen molar-refractivity contribution in [3.63, 3.8) is 0 Å². The fourth-order valence-electron chi connectivity index (χ4n) is 3.37. The van der Waals surface area contributed by atoms with Crippen LogP contribution in [0, 0.1) is 6.92 Å². The third-order valence-electron chi connectivity index (χ3n) is 5.04. The van der Waals surface area contributed by atoms with E-state index < -0.39 is 0 Å². The monoisotopic (exact) mass is 381 g/mol. The van der Waals surface area contributed by atoms with E-state index in [1.54, 1.807) is 0 Å². The van der Waals surface area contributed by atoms with Gasteiger partial charge in [0.2, 0.25) is 0 Å². The van der Waals surface area contributed by atoms with Gasteiger partial charge in [0.05, 0.1) is 11.2 Å². The van der Waals surface area contributed by atoms with Gasteiger partial charge in [-0.1, -0.05) is 55.3 Å². The Balaban J connectivity index is 1.91. The highest BCUT2D eigenvalue weighted by molar-refractivity contribution is 6.31. The Morgan fingerprint density at radius 2 is 1.78 bits per heavy atom. The Morgan fingerprint density at radius 1 is 1.04 bits per heavy atom. The first-order valence-corrected chi connectivity index (χ1v) is 10.1. The van der Waals surface area contributed by atoms with E-state index in [1.807, 2.05) is 18.3 Å². The number of aryl methyl sites for hydroxylation is 1. The molecule has 2 aromatic carbocycles. The summed E-state index contributed by atoms with van der Waals surface area (Å²) in [7, 11) is 0. The number of nitrogens with one attached hydrogen (secondary N) is 1. The minimum Gasteiger partial charge on any atom is -0.384 e. The Morgan fingerprint density at radius 3 is 2.48 bits per heavy atom. The normalized spacial score (nSPS) is 11.3. The summed E-state index contributed by atoms with van der Waals surface area (Å²) in [6, 6.07) is 14.5. The molecule has 27 heavy (non-hydrogen) atoms. The molecule has 1 heterocycles. The SMILES string of the molecule is CCN(CC)CCCNc1c(-c2ccc(C)cc2)cnc2cc(Cl)ccc12. The van der Waals surface area contributed by atoms with E-state index in [4.69, 9.17) is 11.6 Å². The molecule has 0 saturated carbocycles. The summed E-state index contributed by atoms with van der Waals surface area (Å²) in [4.78, 5) is 7.10. The molecular formula is C23H28ClN3. The molecule has 0 bridgehead atoms. The van der Waals surface area contributed by atoms with Crippen molar-refractivity contribution in [2.24, 2.45) is 0 Å². The van der Waals surface area contributed by atoms with Gasteiger partial charge in [-0.3, -0.25) is 4.98 Å². The summed E-state index contributed by atoms with van der Waals surface area (Å²) in [5.41, 5.74) is 5.63. The predicted octanol–water partition coefficient (Wildman–Crippen LogP) is 6.01. The molecule has 3 aromatic rings. The summed E-state index contributed by atoms with van der Waals surface area (Å²) in [6.07, 6.45) is 3.06. The van der Waals surface area contributed by atoms with Crippen molar-refractivity contribution in [2.75, 3.05) is 31.5 Å². The van der Waals surface area contributed by atoms with Crippen molar-refractivity contribution in [3.05, 3.63) is 59.2 Å². The first kappa shape index (κ1) is 19.7. The quantitative estimate of drug-likeness (QED) is 0.484. The molecule has 4 heteroatoms. The van der Waals surface area contributed by atoms with Gasteiger partial charge in [0.15, 0.2) is 0 Å². The van der Waals surface area contributed by atoms with E-state index in [1.165, 1.54) is 11.1 Å². The molecule has 3 nitrogen and oxygen atoms in total. The summed E-state index contributed by atoms with van der Waals surface area (Å²) < 4.78 is 0. The second kappa shape index (κ2) is 9.20. The Labute approximate surface area is 167 Å². The molecule has 0 radical (unpaired) electrons. The van der Waals surface area contributed by atoms with Crippen LogP contribution in [0.15, 0.2) is 48.7 Å². The number of halogens is 1. The van der Waals surface area contributed by atoms with Crippen LogP contribution in [0.1, 0.15) is 25.8 Å². The molecule has 0 saturated heterocycles. The minimum absolute atomic E-state index is 0.713. The molecule has 0 atom stereocenters. The molecule has 0 unspecified atom stereocenters. The lowest BCUT2D eigenvalue weighted by Gasteiger charge is -2.19. The third-order valence-corrected chi connectivity index (χ3v) is 5.28. The topological polar surface area (TPSA) is 28.2 Å². The summed E-state index contributed by atoms with van der Waals surface area (Å²) >= 11 is 6.17. The molecule has 0 amide bonds. The van der Waals surface area contributed by atoms with Crippen LogP contribution in [0.3, 0.4) is 0 Å². The Kier molecular flexibility index (Phi) is 6.70. The average molecular weight is 382 g/mol. The molecule has 1 aromatic heterocycles. The fourth-order valence-corrected chi connectivity index (χ4v) is 3.53. The van der Waals surface area contributed by atoms with Crippen LogP contribution in [-0.2, 0) is 0 Å². The predicted molar refractivity (Wildman–Crippen MR) is 118 cm³/mol. The lowest BCUT2D eigenvalue weighted by Crippen LogP contribution is -2.25. The highest BCUT2D eigenvalue weighted by atomic mass is 35.5. The van der Waals surface area contributed by atoms with Crippen LogP contribution in [0.4, 0.5) is 5.69 Å². The van der Waals surface area contributed by atoms with Gasteiger partial charge in [0, 0.05) is 28.7 Å². The van der Waals surface area contributed by atoms with Crippen molar-refractivity contribution >= 4 is 28.2 Å². The van der Waals surface area contributed by atoms with Gasteiger partial charge in [-0.15, -0.1) is 0 Å². The maximum Gasteiger partial charge on any atom is 0.0738 e. The van der Waals surface area contributed by atoms with E-state index in [0.717, 1.165) is 54.8 Å². The zero-order valence-corrected chi connectivity index (χ0v) is 17.2. The lowest BCUT2D eigenvalue weighted by molar-refractivity contribution is 0.303. The average Bonchev–Trinajstić information content (AvgIpc) is 2.68. The molecule has 0 aliphatic carbocycles. The smallest absolute Gasteiger partial charge is 0.0738 e. The Hall–Kier alpha value is -2.10. The van der Waals surface area contributed by atoms with Crippen LogP contribution in [-0.4, -0.2) is 36.1 Å². The van der Waals surface area contributed by atoms with Crippen molar-refractivity contribution in [3.8, 4) is 11.1 Å². The maximum absolute atomic E-state index is 6.17. The van der Waals surface area contributed by atoms with Crippen molar-refractivity contribution in [1.29, 1.82) is 0 Å².